The van der Waals surface area contributed by atoms with Crippen LogP contribution in [0.15, 0.2) is 41.4 Å². The summed E-state index contributed by atoms with van der Waals surface area (Å²) >= 11 is 3.41. The molecule has 12 nitrogen and oxygen atoms in total. The summed E-state index contributed by atoms with van der Waals surface area (Å²) in [5.41, 5.74) is 3.37. The minimum Gasteiger partial charge on any atom is -0.325 e. The number of pyridine rings is 2. The van der Waals surface area contributed by atoms with Gasteiger partial charge in [0.15, 0.2) is 5.78 Å². The van der Waals surface area contributed by atoms with Crippen LogP contribution in [0.2, 0.25) is 0 Å². The SMILES string of the molecule is CC(=O)c1nn(CC(=O)N2[C@H]3C[C@@]3(CN3CC4(CCCC4)C3)C[C@H]2C(=O)Nc2nc(Br)ccc2C)c2cnc(-c3cnc(C)nc3)cc12. The highest BCUT2D eigenvalue weighted by molar-refractivity contribution is 9.10. The molecule has 1 spiro atoms. The Labute approximate surface area is 286 Å². The second-order valence-electron chi connectivity index (χ2n) is 14.4. The van der Waals surface area contributed by atoms with Gasteiger partial charge in [0.05, 0.1) is 17.4 Å². The van der Waals surface area contributed by atoms with Crippen LogP contribution in [0.3, 0.4) is 0 Å². The Morgan fingerprint density at radius 1 is 1.02 bits per heavy atom. The predicted octanol–water partition coefficient (Wildman–Crippen LogP) is 4.74. The number of aromatic nitrogens is 6. The maximum Gasteiger partial charge on any atom is 0.248 e. The van der Waals surface area contributed by atoms with Gasteiger partial charge >= 0.3 is 0 Å². The van der Waals surface area contributed by atoms with Crippen LogP contribution in [0, 0.1) is 24.7 Å². The number of nitrogens with zero attached hydrogens (tertiary/aromatic N) is 8. The number of likely N-dealkylation sites (tertiary alicyclic amines) is 2. The van der Waals surface area contributed by atoms with Crippen LogP contribution in [0.4, 0.5) is 5.82 Å². The molecule has 48 heavy (non-hydrogen) atoms. The lowest BCUT2D eigenvalue weighted by atomic mass is 9.77. The summed E-state index contributed by atoms with van der Waals surface area (Å²) in [6.45, 7) is 8.19. The lowest BCUT2D eigenvalue weighted by Crippen LogP contribution is -2.56. The van der Waals surface area contributed by atoms with Crippen molar-refractivity contribution in [3.05, 3.63) is 58.5 Å². The molecule has 4 aromatic rings. The van der Waals surface area contributed by atoms with Crippen molar-refractivity contribution in [2.24, 2.45) is 10.8 Å². The van der Waals surface area contributed by atoms with Gasteiger partial charge in [-0.2, -0.15) is 5.10 Å². The first-order chi connectivity index (χ1) is 23.0. The fraction of sp³-hybridized carbons (Fsp3) is 0.486. The summed E-state index contributed by atoms with van der Waals surface area (Å²) in [7, 11) is 0. The van der Waals surface area contributed by atoms with E-state index in [4.69, 9.17) is 0 Å². The van der Waals surface area contributed by atoms with Gasteiger partial charge in [0.1, 0.15) is 34.5 Å². The van der Waals surface area contributed by atoms with E-state index in [1.807, 2.05) is 26.0 Å². The zero-order valence-electron chi connectivity index (χ0n) is 27.4. The molecule has 0 unspecified atom stereocenters. The highest BCUT2D eigenvalue weighted by Crippen LogP contribution is 2.61. The Bertz CT molecular complexity index is 1960. The van der Waals surface area contributed by atoms with E-state index in [1.54, 1.807) is 34.2 Å². The van der Waals surface area contributed by atoms with Gasteiger partial charge in [-0.05, 0) is 78.6 Å². The number of nitrogens with one attached hydrogen (secondary N) is 1. The highest BCUT2D eigenvalue weighted by Gasteiger charge is 2.68. The zero-order chi connectivity index (χ0) is 33.4. The standard InChI is InChI=1S/C35H38BrN9O3/c1-20-6-7-29(36)40-32(20)41-33(48)26-11-35(19-43-17-34(18-43)8-4-5-9-34)12-28(35)45(26)30(47)16-44-27-15-39-25(23-13-37-22(3)38-14-23)10-24(27)31(42-44)21(2)46/h6-7,10,13-15,26,28H,4-5,8-9,11-12,16-19H2,1-3H3,(H,40,41,48)/t26-,28-,35+/m0/s1. The van der Waals surface area contributed by atoms with E-state index < -0.39 is 6.04 Å². The van der Waals surface area contributed by atoms with Crippen LogP contribution < -0.4 is 5.32 Å². The molecule has 6 heterocycles. The van der Waals surface area contributed by atoms with E-state index in [2.05, 4.69) is 51.2 Å². The number of amides is 2. The van der Waals surface area contributed by atoms with Gasteiger partial charge in [0.25, 0.3) is 0 Å². The van der Waals surface area contributed by atoms with Crippen LogP contribution in [-0.2, 0) is 16.1 Å². The minimum absolute atomic E-state index is 0.0298. The van der Waals surface area contributed by atoms with Crippen molar-refractivity contribution in [2.75, 3.05) is 25.0 Å². The number of anilines is 1. The summed E-state index contributed by atoms with van der Waals surface area (Å²) < 4.78 is 2.17. The van der Waals surface area contributed by atoms with Crippen LogP contribution >= 0.6 is 15.9 Å². The molecule has 2 amide bonds. The molecule has 1 N–H and O–H groups in total. The molecular weight excluding hydrogens is 674 g/mol. The molecule has 4 fully saturated rings. The van der Waals surface area contributed by atoms with Crippen LogP contribution in [0.25, 0.3) is 22.2 Å². The van der Waals surface area contributed by atoms with Gasteiger partial charge in [-0.15, -0.1) is 0 Å². The normalized spacial score (nSPS) is 24.1. The van der Waals surface area contributed by atoms with E-state index in [0.29, 0.717) is 50.2 Å². The number of piperidine rings is 1. The van der Waals surface area contributed by atoms with Gasteiger partial charge in [-0.3, -0.25) is 24.0 Å². The third kappa shape index (κ3) is 5.40. The van der Waals surface area contributed by atoms with Crippen molar-refractivity contribution < 1.29 is 14.4 Å². The Morgan fingerprint density at radius 2 is 1.77 bits per heavy atom. The number of Topliss-reactive ketones (excluding diaryl/α,β-unsaturated/α-hetero) is 1. The second-order valence-corrected chi connectivity index (χ2v) is 15.2. The average molecular weight is 713 g/mol. The van der Waals surface area contributed by atoms with Crippen molar-refractivity contribution in [3.63, 3.8) is 0 Å². The van der Waals surface area contributed by atoms with Gasteiger partial charge in [0.2, 0.25) is 11.8 Å². The van der Waals surface area contributed by atoms with Gasteiger partial charge in [-0.1, -0.05) is 18.9 Å². The third-order valence-corrected chi connectivity index (χ3v) is 11.4. The van der Waals surface area contributed by atoms with E-state index in [-0.39, 0.29) is 41.3 Å². The molecule has 13 heteroatoms. The van der Waals surface area contributed by atoms with Crippen LogP contribution in [0.1, 0.15) is 67.3 Å². The maximum atomic E-state index is 14.3. The molecule has 0 radical (unpaired) electrons. The lowest BCUT2D eigenvalue weighted by Gasteiger charge is -2.49. The molecule has 0 bridgehead atoms. The van der Waals surface area contributed by atoms with Crippen molar-refractivity contribution >= 4 is 50.2 Å². The number of rotatable bonds is 8. The Balaban J connectivity index is 1.07. The molecule has 0 aromatic carbocycles. The third-order valence-electron chi connectivity index (χ3n) is 11.0. The maximum absolute atomic E-state index is 14.3. The number of carbonyl (C=O) groups excluding carboxylic acids is 3. The Hall–Kier alpha value is -4.10. The number of hydrogen-bond acceptors (Lipinski definition) is 9. The molecule has 4 aliphatic rings. The van der Waals surface area contributed by atoms with E-state index in [1.165, 1.54) is 32.6 Å². The molecule has 2 aliphatic heterocycles. The average Bonchev–Trinajstić information content (AvgIpc) is 3.36. The Kier molecular flexibility index (Phi) is 7.48. The summed E-state index contributed by atoms with van der Waals surface area (Å²) in [6.07, 6.45) is 11.8. The molecule has 4 aromatic heterocycles. The van der Waals surface area contributed by atoms with E-state index in [9.17, 15) is 14.4 Å². The number of hydrogen-bond donors (Lipinski definition) is 1. The minimum atomic E-state index is -0.640. The molecule has 3 atom stereocenters. The number of halogens is 1. The molecule has 2 saturated carbocycles. The summed E-state index contributed by atoms with van der Waals surface area (Å²) in [5, 5.41) is 8.22. The number of fused-ring (bicyclic) bond motifs is 2. The molecule has 8 rings (SSSR count). The fourth-order valence-corrected chi connectivity index (χ4v) is 8.83. The van der Waals surface area contributed by atoms with Crippen molar-refractivity contribution in [1.82, 2.24) is 39.5 Å². The van der Waals surface area contributed by atoms with Gasteiger partial charge in [-0.25, -0.2) is 15.0 Å². The lowest BCUT2D eigenvalue weighted by molar-refractivity contribution is -0.138. The summed E-state index contributed by atoms with van der Waals surface area (Å²) in [5.74, 6) is 0.475. The zero-order valence-corrected chi connectivity index (χ0v) is 29.0. The largest absolute Gasteiger partial charge is 0.325 e. The smallest absolute Gasteiger partial charge is 0.248 e. The summed E-state index contributed by atoms with van der Waals surface area (Å²) in [6, 6.07) is 4.85. The first kappa shape index (κ1) is 31.2. The van der Waals surface area contributed by atoms with Crippen molar-refractivity contribution in [3.8, 4) is 11.3 Å². The molecule has 2 aliphatic carbocycles. The Morgan fingerprint density at radius 3 is 2.50 bits per heavy atom. The summed E-state index contributed by atoms with van der Waals surface area (Å²) in [4.78, 5) is 63.0. The highest BCUT2D eigenvalue weighted by atomic mass is 79.9. The molecular formula is C35H38BrN9O3. The fourth-order valence-electron chi connectivity index (χ4n) is 8.52. The van der Waals surface area contributed by atoms with E-state index in [0.717, 1.165) is 31.6 Å². The van der Waals surface area contributed by atoms with Gasteiger partial charge in [0, 0.05) is 61.4 Å². The monoisotopic (exact) mass is 711 g/mol. The van der Waals surface area contributed by atoms with Crippen molar-refractivity contribution in [1.29, 1.82) is 0 Å². The number of ketones is 1. The number of aryl methyl sites for hydroxylation is 2. The van der Waals surface area contributed by atoms with Crippen LogP contribution in [0.5, 0.6) is 0 Å². The predicted molar refractivity (Wildman–Crippen MR) is 182 cm³/mol. The van der Waals surface area contributed by atoms with Crippen LogP contribution in [-0.4, -0.2) is 88.8 Å². The molecule has 248 valence electrons. The second kappa shape index (κ2) is 11.5. The number of carbonyl (C=O) groups is 3. The molecule has 2 saturated heterocycles. The topological polar surface area (TPSA) is 139 Å². The van der Waals surface area contributed by atoms with Gasteiger partial charge < -0.3 is 15.1 Å². The van der Waals surface area contributed by atoms with Crippen molar-refractivity contribution in [2.45, 2.75) is 77.9 Å². The first-order valence-corrected chi connectivity index (χ1v) is 17.5. The first-order valence-electron chi connectivity index (χ1n) is 16.7. The quantitative estimate of drug-likeness (QED) is 0.203. The van der Waals surface area contributed by atoms with E-state index >= 15 is 0 Å².